The molecular weight excluding hydrogens is 369 g/mol. The summed E-state index contributed by atoms with van der Waals surface area (Å²) in [7, 11) is 0. The number of halogens is 2. The number of rotatable bonds is 6. The van der Waals surface area contributed by atoms with Gasteiger partial charge >= 0.3 is 5.97 Å². The van der Waals surface area contributed by atoms with Gasteiger partial charge in [0.05, 0.1) is 0 Å². The molecule has 2 aromatic rings. The van der Waals surface area contributed by atoms with E-state index in [4.69, 9.17) is 38.8 Å². The van der Waals surface area contributed by atoms with E-state index in [-0.39, 0.29) is 39.1 Å². The molecule has 0 radical (unpaired) electrons. The lowest BCUT2D eigenvalue weighted by molar-refractivity contribution is -0.134. The van der Waals surface area contributed by atoms with Gasteiger partial charge in [0, 0.05) is 5.56 Å². The van der Waals surface area contributed by atoms with Crippen LogP contribution >= 0.6 is 23.2 Å². The zero-order valence-corrected chi connectivity index (χ0v) is 15.0. The van der Waals surface area contributed by atoms with E-state index in [1.54, 1.807) is 12.1 Å². The van der Waals surface area contributed by atoms with Crippen LogP contribution in [0.2, 0.25) is 10.0 Å². The molecule has 0 saturated heterocycles. The number of nitrogen functional groups attached to an aromatic ring is 1. The number of nitrogens with one attached hydrogen (secondary N) is 1. The molecule has 0 spiro atoms. The standard InChI is InChI=1S/C16H17Cl2N3O4/c1-7(2)9-5-8(3-4-10(9)22)25-14-12(17)15(19)21-16(13(14)18)20-6-11(23)24/h3-5,7,22H,6H2,1-2H3,(H,23,24)(H3,19,20,21). The minimum absolute atomic E-state index is 0.000350. The summed E-state index contributed by atoms with van der Waals surface area (Å²) in [4.78, 5) is 14.6. The number of carboxylic acid groups (broad SMARTS) is 1. The number of benzene rings is 1. The van der Waals surface area contributed by atoms with E-state index in [1.807, 2.05) is 13.8 Å². The number of phenols is 1. The van der Waals surface area contributed by atoms with Gasteiger partial charge in [-0.1, -0.05) is 37.0 Å². The number of aromatic hydroxyl groups is 1. The van der Waals surface area contributed by atoms with Crippen LogP contribution in [0.5, 0.6) is 17.2 Å². The van der Waals surface area contributed by atoms with Gasteiger partial charge in [-0.3, -0.25) is 4.79 Å². The highest BCUT2D eigenvalue weighted by Gasteiger charge is 2.19. The van der Waals surface area contributed by atoms with Crippen LogP contribution in [0.1, 0.15) is 25.3 Å². The maximum atomic E-state index is 10.7. The van der Waals surface area contributed by atoms with Crippen molar-refractivity contribution in [1.29, 1.82) is 0 Å². The molecule has 9 heteroatoms. The number of carbonyl (C=O) groups is 1. The van der Waals surface area contributed by atoms with Gasteiger partial charge in [0.2, 0.25) is 0 Å². The molecule has 0 fully saturated rings. The molecule has 0 atom stereocenters. The van der Waals surface area contributed by atoms with E-state index in [0.717, 1.165) is 0 Å². The normalized spacial score (nSPS) is 10.8. The van der Waals surface area contributed by atoms with Crippen molar-refractivity contribution in [2.75, 3.05) is 17.6 Å². The van der Waals surface area contributed by atoms with Crippen LogP contribution in [-0.4, -0.2) is 27.7 Å². The third-order valence-corrected chi connectivity index (χ3v) is 4.03. The molecule has 1 aromatic heterocycles. The first-order valence-corrected chi connectivity index (χ1v) is 8.07. The van der Waals surface area contributed by atoms with Crippen LogP contribution in [0.15, 0.2) is 18.2 Å². The van der Waals surface area contributed by atoms with E-state index in [1.165, 1.54) is 6.07 Å². The Morgan fingerprint density at radius 2 is 2.04 bits per heavy atom. The lowest BCUT2D eigenvalue weighted by Gasteiger charge is -2.16. The van der Waals surface area contributed by atoms with Gasteiger partial charge in [-0.05, 0) is 24.1 Å². The SMILES string of the molecule is CC(C)c1cc(Oc2c(Cl)c(N)nc(NCC(=O)O)c2Cl)ccc1O. The van der Waals surface area contributed by atoms with Crippen LogP contribution in [0.3, 0.4) is 0 Å². The van der Waals surface area contributed by atoms with E-state index in [2.05, 4.69) is 10.3 Å². The average Bonchev–Trinajstić information content (AvgIpc) is 2.54. The maximum absolute atomic E-state index is 10.7. The predicted molar refractivity (Wildman–Crippen MR) is 97.1 cm³/mol. The molecule has 0 bridgehead atoms. The third-order valence-electron chi connectivity index (χ3n) is 3.31. The number of carboxylic acids is 1. The summed E-state index contributed by atoms with van der Waals surface area (Å²) in [6.45, 7) is 3.46. The summed E-state index contributed by atoms with van der Waals surface area (Å²) in [6, 6.07) is 4.71. The van der Waals surface area contributed by atoms with Gasteiger partial charge in [-0.15, -0.1) is 0 Å². The number of aliphatic carboxylic acids is 1. The Morgan fingerprint density at radius 3 is 2.64 bits per heavy atom. The van der Waals surface area contributed by atoms with Crippen molar-refractivity contribution in [1.82, 2.24) is 4.98 Å². The fraction of sp³-hybridized carbons (Fsp3) is 0.250. The summed E-state index contributed by atoms with van der Waals surface area (Å²) in [5, 5.41) is 21.2. The Hall–Kier alpha value is -2.38. The van der Waals surface area contributed by atoms with Crippen molar-refractivity contribution in [3.05, 3.63) is 33.8 Å². The van der Waals surface area contributed by atoms with Crippen molar-refractivity contribution in [2.45, 2.75) is 19.8 Å². The number of phenolic OH excluding ortho intramolecular Hbond substituents is 1. The van der Waals surface area contributed by atoms with E-state index in [0.29, 0.717) is 11.3 Å². The van der Waals surface area contributed by atoms with E-state index < -0.39 is 12.5 Å². The minimum Gasteiger partial charge on any atom is -0.508 e. The van der Waals surface area contributed by atoms with Crippen molar-refractivity contribution in [2.24, 2.45) is 0 Å². The number of ether oxygens (including phenoxy) is 1. The summed E-state index contributed by atoms with van der Waals surface area (Å²) < 4.78 is 5.73. The van der Waals surface area contributed by atoms with Gasteiger partial charge in [0.15, 0.2) is 11.6 Å². The number of pyridine rings is 1. The van der Waals surface area contributed by atoms with Crippen LogP contribution in [0.25, 0.3) is 0 Å². The zero-order chi connectivity index (χ0) is 18.7. The molecule has 5 N–H and O–H groups in total. The van der Waals surface area contributed by atoms with Crippen LogP contribution in [0.4, 0.5) is 11.6 Å². The molecule has 0 saturated carbocycles. The second-order valence-corrected chi connectivity index (χ2v) is 6.28. The quantitative estimate of drug-likeness (QED) is 0.591. The Kier molecular flexibility index (Phi) is 5.81. The predicted octanol–water partition coefficient (Wildman–Crippen LogP) is 4.09. The molecule has 25 heavy (non-hydrogen) atoms. The molecule has 2 rings (SSSR count). The Morgan fingerprint density at radius 1 is 1.36 bits per heavy atom. The first-order chi connectivity index (χ1) is 11.7. The largest absolute Gasteiger partial charge is 0.508 e. The van der Waals surface area contributed by atoms with Gasteiger partial charge in [-0.2, -0.15) is 0 Å². The maximum Gasteiger partial charge on any atom is 0.322 e. The highest BCUT2D eigenvalue weighted by Crippen LogP contribution is 2.43. The summed E-state index contributed by atoms with van der Waals surface area (Å²) in [5.41, 5.74) is 6.43. The van der Waals surface area contributed by atoms with Gasteiger partial charge < -0.3 is 26.0 Å². The first-order valence-electron chi connectivity index (χ1n) is 7.31. The monoisotopic (exact) mass is 385 g/mol. The molecule has 7 nitrogen and oxygen atoms in total. The number of nitrogens with zero attached hydrogens (tertiary/aromatic N) is 1. The average molecular weight is 386 g/mol. The number of hydrogen-bond donors (Lipinski definition) is 4. The molecule has 134 valence electrons. The number of nitrogens with two attached hydrogens (primary N) is 1. The summed E-state index contributed by atoms with van der Waals surface area (Å²) in [6.07, 6.45) is 0. The first kappa shape index (κ1) is 19.0. The van der Waals surface area contributed by atoms with Gasteiger partial charge in [-0.25, -0.2) is 4.98 Å². The number of anilines is 2. The van der Waals surface area contributed by atoms with Crippen LogP contribution < -0.4 is 15.8 Å². The Balaban J connectivity index is 2.42. The number of hydrogen-bond acceptors (Lipinski definition) is 6. The van der Waals surface area contributed by atoms with Gasteiger partial charge in [0.1, 0.15) is 33.9 Å². The zero-order valence-electron chi connectivity index (χ0n) is 13.5. The highest BCUT2D eigenvalue weighted by molar-refractivity contribution is 6.40. The number of aromatic nitrogens is 1. The van der Waals surface area contributed by atoms with Gasteiger partial charge in [0.25, 0.3) is 0 Å². The van der Waals surface area contributed by atoms with Crippen LogP contribution in [-0.2, 0) is 4.79 Å². The lowest BCUT2D eigenvalue weighted by atomic mass is 10.0. The molecule has 0 aliphatic heterocycles. The molecule has 1 aromatic carbocycles. The topological polar surface area (TPSA) is 118 Å². The molecule has 1 heterocycles. The smallest absolute Gasteiger partial charge is 0.322 e. The van der Waals surface area contributed by atoms with Crippen molar-refractivity contribution < 1.29 is 19.7 Å². The lowest BCUT2D eigenvalue weighted by Crippen LogP contribution is -2.14. The highest BCUT2D eigenvalue weighted by atomic mass is 35.5. The molecule has 0 aliphatic rings. The fourth-order valence-corrected chi connectivity index (χ4v) is 2.55. The third kappa shape index (κ3) is 4.37. The van der Waals surface area contributed by atoms with E-state index in [9.17, 15) is 9.90 Å². The molecule has 0 aliphatic carbocycles. The van der Waals surface area contributed by atoms with Crippen molar-refractivity contribution >= 4 is 40.8 Å². The second kappa shape index (κ2) is 7.67. The molecule has 0 amide bonds. The van der Waals surface area contributed by atoms with E-state index >= 15 is 0 Å². The summed E-state index contributed by atoms with van der Waals surface area (Å²) in [5.74, 6) is -0.443. The van der Waals surface area contributed by atoms with Crippen molar-refractivity contribution in [3.8, 4) is 17.2 Å². The van der Waals surface area contributed by atoms with Crippen molar-refractivity contribution in [3.63, 3.8) is 0 Å². The fourth-order valence-electron chi connectivity index (χ4n) is 2.08. The Bertz CT molecular complexity index is 812. The molecular formula is C16H17Cl2N3O4. The minimum atomic E-state index is -1.09. The second-order valence-electron chi connectivity index (χ2n) is 5.53. The van der Waals surface area contributed by atoms with Crippen LogP contribution in [0, 0.1) is 0 Å². The molecule has 0 unspecified atom stereocenters. The summed E-state index contributed by atoms with van der Waals surface area (Å²) >= 11 is 12.3. The Labute approximate surface area is 154 Å².